The number of carboxylic acids is 1. The van der Waals surface area contributed by atoms with E-state index in [-0.39, 0.29) is 18.4 Å². The standard InChI is InChI=1S/C16H26N4O3/c1-11(2)6-13(16(22)23)19-14-7-15(18-10-17-14)20-5-3-4-12(8-20)9-21/h7,10-13,21H,3-6,8-9H2,1-2H3,(H,22,23)(H,17,18,19)/t12?,13-/m0/s1. The van der Waals surface area contributed by atoms with Crippen molar-refractivity contribution in [3.05, 3.63) is 12.4 Å². The number of piperidine rings is 1. The van der Waals surface area contributed by atoms with Crippen LogP contribution >= 0.6 is 0 Å². The minimum absolute atomic E-state index is 0.183. The van der Waals surface area contributed by atoms with Crippen molar-refractivity contribution in [1.29, 1.82) is 0 Å². The quantitative estimate of drug-likeness (QED) is 0.701. The minimum Gasteiger partial charge on any atom is -0.480 e. The number of aliphatic hydroxyl groups is 1. The van der Waals surface area contributed by atoms with Crippen LogP contribution < -0.4 is 10.2 Å². The summed E-state index contributed by atoms with van der Waals surface area (Å²) in [5, 5.41) is 21.6. The van der Waals surface area contributed by atoms with E-state index in [4.69, 9.17) is 0 Å². The van der Waals surface area contributed by atoms with Crippen molar-refractivity contribution in [3.8, 4) is 0 Å². The Labute approximate surface area is 136 Å². The Hall–Kier alpha value is -1.89. The van der Waals surface area contributed by atoms with E-state index in [0.717, 1.165) is 31.7 Å². The van der Waals surface area contributed by atoms with Gasteiger partial charge in [-0.1, -0.05) is 13.8 Å². The number of carbonyl (C=O) groups is 1. The molecule has 0 amide bonds. The van der Waals surface area contributed by atoms with Gasteiger partial charge in [0.1, 0.15) is 24.0 Å². The molecule has 0 radical (unpaired) electrons. The molecule has 1 aromatic heterocycles. The van der Waals surface area contributed by atoms with Gasteiger partial charge in [-0.2, -0.15) is 0 Å². The molecule has 0 bridgehead atoms. The summed E-state index contributed by atoms with van der Waals surface area (Å²) in [4.78, 5) is 21.9. The average molecular weight is 322 g/mol. The zero-order chi connectivity index (χ0) is 16.8. The second-order valence-corrected chi connectivity index (χ2v) is 6.56. The zero-order valence-corrected chi connectivity index (χ0v) is 13.8. The molecular formula is C16H26N4O3. The summed E-state index contributed by atoms with van der Waals surface area (Å²) in [5.74, 6) is 0.959. The Kier molecular flexibility index (Phi) is 6.15. The minimum atomic E-state index is -0.878. The summed E-state index contributed by atoms with van der Waals surface area (Å²) < 4.78 is 0. The van der Waals surface area contributed by atoms with Crippen LogP contribution in [0.2, 0.25) is 0 Å². The fourth-order valence-electron chi connectivity index (χ4n) is 2.89. The van der Waals surface area contributed by atoms with Gasteiger partial charge < -0.3 is 20.4 Å². The first-order valence-electron chi connectivity index (χ1n) is 8.16. The Morgan fingerprint density at radius 3 is 2.91 bits per heavy atom. The topological polar surface area (TPSA) is 98.6 Å². The molecule has 0 saturated carbocycles. The molecule has 2 atom stereocenters. The fourth-order valence-corrected chi connectivity index (χ4v) is 2.89. The summed E-state index contributed by atoms with van der Waals surface area (Å²) in [6.45, 7) is 5.82. The van der Waals surface area contributed by atoms with E-state index in [0.29, 0.717) is 12.2 Å². The number of nitrogens with one attached hydrogen (secondary N) is 1. The number of anilines is 2. The van der Waals surface area contributed by atoms with Crippen LogP contribution in [-0.2, 0) is 4.79 Å². The van der Waals surface area contributed by atoms with Crippen LogP contribution in [0.1, 0.15) is 33.1 Å². The number of carboxylic acid groups (broad SMARTS) is 1. The number of aliphatic carboxylic acids is 1. The summed E-state index contributed by atoms with van der Waals surface area (Å²) in [5.41, 5.74) is 0. The lowest BCUT2D eigenvalue weighted by molar-refractivity contribution is -0.138. The molecule has 1 saturated heterocycles. The third kappa shape index (κ3) is 5.06. The molecule has 2 heterocycles. The van der Waals surface area contributed by atoms with Gasteiger partial charge in [-0.3, -0.25) is 0 Å². The molecular weight excluding hydrogens is 296 g/mol. The van der Waals surface area contributed by atoms with E-state index in [1.807, 2.05) is 13.8 Å². The van der Waals surface area contributed by atoms with Gasteiger partial charge in [0, 0.05) is 25.8 Å². The Morgan fingerprint density at radius 2 is 2.26 bits per heavy atom. The van der Waals surface area contributed by atoms with Gasteiger partial charge in [0.2, 0.25) is 0 Å². The molecule has 0 spiro atoms. The number of aliphatic hydroxyl groups excluding tert-OH is 1. The first kappa shape index (κ1) is 17.5. The highest BCUT2D eigenvalue weighted by Crippen LogP contribution is 2.23. The third-order valence-corrected chi connectivity index (χ3v) is 4.08. The normalized spacial score (nSPS) is 19.7. The molecule has 1 unspecified atom stereocenters. The van der Waals surface area contributed by atoms with E-state index in [2.05, 4.69) is 20.2 Å². The van der Waals surface area contributed by atoms with E-state index >= 15 is 0 Å². The maximum atomic E-state index is 11.4. The van der Waals surface area contributed by atoms with Gasteiger partial charge in [-0.15, -0.1) is 0 Å². The molecule has 3 N–H and O–H groups in total. The highest BCUT2D eigenvalue weighted by molar-refractivity contribution is 5.77. The van der Waals surface area contributed by atoms with Crippen LogP contribution in [0.25, 0.3) is 0 Å². The van der Waals surface area contributed by atoms with Crippen LogP contribution in [0.5, 0.6) is 0 Å². The van der Waals surface area contributed by atoms with E-state index in [1.165, 1.54) is 6.33 Å². The van der Waals surface area contributed by atoms with Crippen LogP contribution in [0.15, 0.2) is 12.4 Å². The smallest absolute Gasteiger partial charge is 0.326 e. The van der Waals surface area contributed by atoms with Gasteiger partial charge in [0.25, 0.3) is 0 Å². The summed E-state index contributed by atoms with van der Waals surface area (Å²) in [6.07, 6.45) is 4.03. The summed E-state index contributed by atoms with van der Waals surface area (Å²) in [6, 6.07) is 1.13. The lowest BCUT2D eigenvalue weighted by Crippen LogP contribution is -2.37. The van der Waals surface area contributed by atoms with Gasteiger partial charge in [0.15, 0.2) is 0 Å². The van der Waals surface area contributed by atoms with Gasteiger partial charge >= 0.3 is 5.97 Å². The molecule has 0 aliphatic carbocycles. The largest absolute Gasteiger partial charge is 0.480 e. The molecule has 23 heavy (non-hydrogen) atoms. The predicted octanol–water partition coefficient (Wildman–Crippen LogP) is 1.60. The van der Waals surface area contributed by atoms with Crippen molar-refractivity contribution in [2.45, 2.75) is 39.2 Å². The average Bonchev–Trinajstić information content (AvgIpc) is 2.54. The molecule has 1 aliphatic heterocycles. The number of rotatable bonds is 7. The van der Waals surface area contributed by atoms with Crippen molar-refractivity contribution < 1.29 is 15.0 Å². The van der Waals surface area contributed by atoms with Gasteiger partial charge in [-0.25, -0.2) is 14.8 Å². The van der Waals surface area contributed by atoms with E-state index < -0.39 is 12.0 Å². The number of hydrogen-bond acceptors (Lipinski definition) is 6. The summed E-state index contributed by atoms with van der Waals surface area (Å²) >= 11 is 0. The highest BCUT2D eigenvalue weighted by Gasteiger charge is 2.22. The SMILES string of the molecule is CC(C)C[C@H](Nc1cc(N2CCCC(CO)C2)ncn1)C(=O)O. The van der Waals surface area contributed by atoms with Crippen LogP contribution in [0.3, 0.4) is 0 Å². The van der Waals surface area contributed by atoms with Crippen molar-refractivity contribution in [2.75, 3.05) is 29.9 Å². The fraction of sp³-hybridized carbons (Fsp3) is 0.688. The molecule has 7 heteroatoms. The van der Waals surface area contributed by atoms with Gasteiger partial charge in [0.05, 0.1) is 0 Å². The van der Waals surface area contributed by atoms with Crippen LogP contribution in [0.4, 0.5) is 11.6 Å². The molecule has 1 aliphatic rings. The van der Waals surface area contributed by atoms with Gasteiger partial charge in [-0.05, 0) is 31.1 Å². The van der Waals surface area contributed by atoms with E-state index in [1.54, 1.807) is 6.07 Å². The Balaban J connectivity index is 2.08. The monoisotopic (exact) mass is 322 g/mol. The van der Waals surface area contributed by atoms with Crippen molar-refractivity contribution in [2.24, 2.45) is 11.8 Å². The molecule has 128 valence electrons. The summed E-state index contributed by atoms with van der Waals surface area (Å²) in [7, 11) is 0. The number of aromatic nitrogens is 2. The first-order chi connectivity index (χ1) is 11.0. The zero-order valence-electron chi connectivity index (χ0n) is 13.8. The maximum Gasteiger partial charge on any atom is 0.326 e. The van der Waals surface area contributed by atoms with E-state index in [9.17, 15) is 15.0 Å². The lowest BCUT2D eigenvalue weighted by Gasteiger charge is -2.32. The lowest BCUT2D eigenvalue weighted by atomic mass is 9.99. The molecule has 0 aromatic carbocycles. The van der Waals surface area contributed by atoms with Crippen molar-refractivity contribution in [1.82, 2.24) is 9.97 Å². The third-order valence-electron chi connectivity index (χ3n) is 4.08. The highest BCUT2D eigenvalue weighted by atomic mass is 16.4. The van der Waals surface area contributed by atoms with Crippen LogP contribution in [-0.4, -0.2) is 51.9 Å². The van der Waals surface area contributed by atoms with Crippen molar-refractivity contribution >= 4 is 17.6 Å². The van der Waals surface area contributed by atoms with Crippen molar-refractivity contribution in [3.63, 3.8) is 0 Å². The second kappa shape index (κ2) is 8.10. The predicted molar refractivity (Wildman–Crippen MR) is 88.6 cm³/mol. The molecule has 2 rings (SSSR count). The molecule has 1 aromatic rings. The Bertz CT molecular complexity index is 524. The van der Waals surface area contributed by atoms with Crippen LogP contribution in [0, 0.1) is 11.8 Å². The number of nitrogens with zero attached hydrogens (tertiary/aromatic N) is 3. The maximum absolute atomic E-state index is 11.4. The molecule has 7 nitrogen and oxygen atoms in total. The molecule has 1 fully saturated rings. The number of hydrogen-bond donors (Lipinski definition) is 3. The Morgan fingerprint density at radius 1 is 1.48 bits per heavy atom. The second-order valence-electron chi connectivity index (χ2n) is 6.56. The first-order valence-corrected chi connectivity index (χ1v) is 8.16.